The first-order valence-corrected chi connectivity index (χ1v) is 8.54. The third-order valence-electron chi connectivity index (χ3n) is 3.91. The van der Waals surface area contributed by atoms with E-state index in [0.717, 1.165) is 25.1 Å². The molecule has 2 rings (SSSR count). The van der Waals surface area contributed by atoms with Gasteiger partial charge in [0.1, 0.15) is 16.5 Å². The average Bonchev–Trinajstić information content (AvgIpc) is 2.45. The van der Waals surface area contributed by atoms with Crippen molar-refractivity contribution in [2.75, 3.05) is 6.61 Å². The van der Waals surface area contributed by atoms with Crippen molar-refractivity contribution < 1.29 is 18.3 Å². The number of rotatable bonds is 4. The monoisotopic (exact) mass is 325 g/mol. The fourth-order valence-corrected chi connectivity index (χ4v) is 2.93. The molecule has 0 spiro atoms. The molecule has 0 aliphatic heterocycles. The van der Waals surface area contributed by atoms with Gasteiger partial charge in [0.15, 0.2) is 0 Å². The Kier molecular flexibility index (Phi) is 4.70. The van der Waals surface area contributed by atoms with Gasteiger partial charge in [-0.05, 0) is 44.6 Å². The Labute approximate surface area is 129 Å². The summed E-state index contributed by atoms with van der Waals surface area (Å²) < 4.78 is 28.0. The molecule has 8 heteroatoms. The number of aliphatic hydroxyl groups is 1. The average molecular weight is 325 g/mol. The van der Waals surface area contributed by atoms with Crippen LogP contribution >= 0.6 is 0 Å². The van der Waals surface area contributed by atoms with Gasteiger partial charge < -0.3 is 9.84 Å². The minimum absolute atomic E-state index is 0.0364. The lowest BCUT2D eigenvalue weighted by Gasteiger charge is -2.32. The highest BCUT2D eigenvalue weighted by molar-refractivity contribution is 7.89. The lowest BCUT2D eigenvalue weighted by Crippen LogP contribution is -2.32. The van der Waals surface area contributed by atoms with Gasteiger partial charge in [0, 0.05) is 0 Å². The molecule has 0 saturated heterocycles. The van der Waals surface area contributed by atoms with Gasteiger partial charge in [-0.15, -0.1) is 0 Å². The summed E-state index contributed by atoms with van der Waals surface area (Å²) in [4.78, 5) is 3.66. The van der Waals surface area contributed by atoms with Crippen LogP contribution in [0, 0.1) is 17.2 Å². The summed E-state index contributed by atoms with van der Waals surface area (Å²) in [7, 11) is -3.90. The maximum Gasteiger partial charge on any atom is 0.239 e. The van der Waals surface area contributed by atoms with Crippen molar-refractivity contribution in [3.63, 3.8) is 0 Å². The predicted octanol–water partition coefficient (Wildman–Crippen LogP) is 0.921. The smallest absolute Gasteiger partial charge is 0.239 e. The summed E-state index contributed by atoms with van der Waals surface area (Å²) >= 11 is 0. The van der Waals surface area contributed by atoms with E-state index in [0.29, 0.717) is 19.4 Å². The van der Waals surface area contributed by atoms with E-state index in [1.54, 1.807) is 0 Å². The molecule has 0 amide bonds. The second kappa shape index (κ2) is 6.20. The van der Waals surface area contributed by atoms with Gasteiger partial charge in [-0.3, -0.25) is 0 Å². The minimum Gasteiger partial charge on any atom is -0.476 e. The molecule has 3 N–H and O–H groups in total. The van der Waals surface area contributed by atoms with Gasteiger partial charge >= 0.3 is 0 Å². The molecule has 1 aliphatic carbocycles. The first kappa shape index (κ1) is 16.7. The van der Waals surface area contributed by atoms with Crippen molar-refractivity contribution in [1.82, 2.24) is 4.98 Å². The summed E-state index contributed by atoms with van der Waals surface area (Å²) in [5, 5.41) is 24.0. The Morgan fingerprint density at radius 3 is 2.73 bits per heavy atom. The Bertz CT molecular complexity index is 685. The number of pyridine rings is 1. The molecule has 0 radical (unpaired) electrons. The molecule has 0 unspecified atom stereocenters. The SMILES string of the molecule is C[C@]1(O)CC[C@@H](COc2ncc(S(N)(=O)=O)cc2C#N)CC1. The van der Waals surface area contributed by atoms with Crippen molar-refractivity contribution in [1.29, 1.82) is 5.26 Å². The van der Waals surface area contributed by atoms with Gasteiger partial charge in [-0.2, -0.15) is 5.26 Å². The van der Waals surface area contributed by atoms with Crippen LogP contribution in [0.25, 0.3) is 0 Å². The molecule has 1 aromatic heterocycles. The van der Waals surface area contributed by atoms with E-state index < -0.39 is 15.6 Å². The lowest BCUT2D eigenvalue weighted by atomic mass is 9.80. The molecule has 1 saturated carbocycles. The van der Waals surface area contributed by atoms with E-state index >= 15 is 0 Å². The number of nitriles is 1. The molecule has 1 fully saturated rings. The summed E-state index contributed by atoms with van der Waals surface area (Å²) in [5.41, 5.74) is -0.571. The Morgan fingerprint density at radius 2 is 2.18 bits per heavy atom. The van der Waals surface area contributed by atoms with Crippen LogP contribution in [-0.4, -0.2) is 30.7 Å². The van der Waals surface area contributed by atoms with Crippen LogP contribution in [-0.2, 0) is 10.0 Å². The standard InChI is InChI=1S/C14H19N3O4S/c1-14(18)4-2-10(3-5-14)9-21-13-11(7-15)6-12(8-17-13)22(16,19)20/h6,8,10,18H,2-5,9H2,1H3,(H2,16,19,20)/t10-,14+. The molecule has 0 bridgehead atoms. The first-order valence-electron chi connectivity index (χ1n) is 6.99. The van der Waals surface area contributed by atoms with Gasteiger partial charge in [0.25, 0.3) is 0 Å². The molecule has 22 heavy (non-hydrogen) atoms. The third kappa shape index (κ3) is 4.16. The van der Waals surface area contributed by atoms with Crippen molar-refractivity contribution >= 4 is 10.0 Å². The van der Waals surface area contributed by atoms with Crippen molar-refractivity contribution in [3.8, 4) is 11.9 Å². The fourth-order valence-electron chi connectivity index (χ4n) is 2.45. The summed E-state index contributed by atoms with van der Waals surface area (Å²) in [6.07, 6.45) is 4.18. The Hall–Kier alpha value is -1.69. The normalized spacial score (nSPS) is 25.5. The first-order chi connectivity index (χ1) is 10.2. The fraction of sp³-hybridized carbons (Fsp3) is 0.571. The van der Waals surface area contributed by atoms with Crippen LogP contribution < -0.4 is 9.88 Å². The number of hydrogen-bond donors (Lipinski definition) is 2. The maximum absolute atomic E-state index is 11.2. The zero-order valence-corrected chi connectivity index (χ0v) is 13.1. The highest BCUT2D eigenvalue weighted by Gasteiger charge is 2.29. The third-order valence-corrected chi connectivity index (χ3v) is 4.79. The minimum atomic E-state index is -3.90. The van der Waals surface area contributed by atoms with E-state index in [4.69, 9.17) is 15.1 Å². The van der Waals surface area contributed by atoms with Crippen molar-refractivity contribution in [2.45, 2.75) is 43.1 Å². The topological polar surface area (TPSA) is 126 Å². The summed E-state index contributed by atoms with van der Waals surface area (Å²) in [6.45, 7) is 2.21. The van der Waals surface area contributed by atoms with Crippen LogP contribution in [0.4, 0.5) is 0 Å². The summed E-state index contributed by atoms with van der Waals surface area (Å²) in [5.74, 6) is 0.388. The zero-order valence-electron chi connectivity index (χ0n) is 12.3. The summed E-state index contributed by atoms with van der Waals surface area (Å²) in [6, 6.07) is 3.02. The number of ether oxygens (including phenoxy) is 1. The predicted molar refractivity (Wildman–Crippen MR) is 78.4 cm³/mol. The van der Waals surface area contributed by atoms with E-state index in [1.165, 1.54) is 0 Å². The van der Waals surface area contributed by atoms with Crippen molar-refractivity contribution in [2.24, 2.45) is 11.1 Å². The molecular formula is C14H19N3O4S. The van der Waals surface area contributed by atoms with Crippen molar-refractivity contribution in [3.05, 3.63) is 17.8 Å². The van der Waals surface area contributed by atoms with Gasteiger partial charge in [-0.25, -0.2) is 18.5 Å². The quantitative estimate of drug-likeness (QED) is 0.847. The lowest BCUT2D eigenvalue weighted by molar-refractivity contribution is 0.00126. The van der Waals surface area contributed by atoms with E-state index in [9.17, 15) is 13.5 Å². The molecule has 0 atom stereocenters. The Morgan fingerprint density at radius 1 is 1.55 bits per heavy atom. The Balaban J connectivity index is 2.03. The van der Waals surface area contributed by atoms with E-state index in [2.05, 4.69) is 4.98 Å². The number of sulfonamides is 1. The number of aromatic nitrogens is 1. The van der Waals surface area contributed by atoms with Crippen LogP contribution in [0.2, 0.25) is 0 Å². The van der Waals surface area contributed by atoms with E-state index in [1.807, 2.05) is 13.0 Å². The van der Waals surface area contributed by atoms with Crippen LogP contribution in [0.3, 0.4) is 0 Å². The number of nitrogens with zero attached hydrogens (tertiary/aromatic N) is 2. The second-order valence-corrected chi connectivity index (χ2v) is 7.49. The molecule has 7 nitrogen and oxygen atoms in total. The van der Waals surface area contributed by atoms with Crippen LogP contribution in [0.15, 0.2) is 17.2 Å². The molecule has 0 aromatic carbocycles. The van der Waals surface area contributed by atoms with E-state index in [-0.39, 0.29) is 22.3 Å². The van der Waals surface area contributed by atoms with Gasteiger partial charge in [0.2, 0.25) is 15.9 Å². The molecule has 1 aliphatic rings. The molecule has 1 heterocycles. The van der Waals surface area contributed by atoms with Crippen LogP contribution in [0.1, 0.15) is 38.2 Å². The van der Waals surface area contributed by atoms with Gasteiger partial charge in [0.05, 0.1) is 18.4 Å². The number of primary sulfonamides is 1. The van der Waals surface area contributed by atoms with Gasteiger partial charge in [-0.1, -0.05) is 0 Å². The zero-order chi connectivity index (χ0) is 16.4. The largest absolute Gasteiger partial charge is 0.476 e. The molecule has 120 valence electrons. The molecule has 1 aromatic rings. The highest BCUT2D eigenvalue weighted by Crippen LogP contribution is 2.32. The number of hydrogen-bond acceptors (Lipinski definition) is 6. The highest BCUT2D eigenvalue weighted by atomic mass is 32.2. The molecular weight excluding hydrogens is 306 g/mol. The van der Waals surface area contributed by atoms with Crippen LogP contribution in [0.5, 0.6) is 5.88 Å². The number of nitrogens with two attached hydrogens (primary N) is 1. The maximum atomic E-state index is 11.2. The second-order valence-electron chi connectivity index (χ2n) is 5.93.